The van der Waals surface area contributed by atoms with Crippen molar-refractivity contribution in [2.75, 3.05) is 31.3 Å². The number of ether oxygens (including phenoxy) is 1. The lowest BCUT2D eigenvalue weighted by Crippen LogP contribution is -2.42. The molecule has 0 bridgehead atoms. The molecule has 0 saturated carbocycles. The van der Waals surface area contributed by atoms with Gasteiger partial charge in [-0.15, -0.1) is 0 Å². The normalized spacial score (nSPS) is 21.4. The molecule has 2 unspecified atom stereocenters. The summed E-state index contributed by atoms with van der Waals surface area (Å²) >= 11 is 0. The summed E-state index contributed by atoms with van der Waals surface area (Å²) in [5.74, 6) is 0.950. The third-order valence-electron chi connectivity index (χ3n) is 6.53. The van der Waals surface area contributed by atoms with Crippen LogP contribution in [0.3, 0.4) is 0 Å². The first-order valence-corrected chi connectivity index (χ1v) is 10.6. The Balaban J connectivity index is 1.69. The predicted octanol–water partition coefficient (Wildman–Crippen LogP) is 3.61. The van der Waals surface area contributed by atoms with Gasteiger partial charge in [-0.25, -0.2) is 4.98 Å². The lowest BCUT2D eigenvalue weighted by molar-refractivity contribution is -0.121. The molecule has 1 fully saturated rings. The molecule has 3 heterocycles. The second-order valence-corrected chi connectivity index (χ2v) is 8.05. The summed E-state index contributed by atoms with van der Waals surface area (Å²) in [5, 5.41) is 6.05. The summed E-state index contributed by atoms with van der Waals surface area (Å²) in [6, 6.07) is 18.4. The number of hydrogen-bond donors (Lipinski definition) is 2. The Morgan fingerprint density at radius 1 is 1.19 bits per heavy atom. The van der Waals surface area contributed by atoms with Crippen molar-refractivity contribution >= 4 is 23.3 Å². The number of carbonyl (C=O) groups excluding carboxylic acids is 2. The van der Waals surface area contributed by atoms with E-state index in [4.69, 9.17) is 4.74 Å². The van der Waals surface area contributed by atoms with Gasteiger partial charge in [0, 0.05) is 25.5 Å². The summed E-state index contributed by atoms with van der Waals surface area (Å²) in [4.78, 5) is 33.4. The molecule has 7 heteroatoms. The van der Waals surface area contributed by atoms with Crippen LogP contribution >= 0.6 is 0 Å². The molecule has 2 atom stereocenters. The van der Waals surface area contributed by atoms with E-state index in [-0.39, 0.29) is 11.8 Å². The number of hydrogen-bond acceptors (Lipinski definition) is 5. The maximum absolute atomic E-state index is 13.8. The van der Waals surface area contributed by atoms with Gasteiger partial charge in [0.1, 0.15) is 17.0 Å². The first-order chi connectivity index (χ1) is 15.6. The van der Waals surface area contributed by atoms with Gasteiger partial charge in [0.05, 0.1) is 18.7 Å². The summed E-state index contributed by atoms with van der Waals surface area (Å²) in [6.45, 7) is 0.445. The van der Waals surface area contributed by atoms with Crippen LogP contribution in [-0.2, 0) is 10.2 Å². The van der Waals surface area contributed by atoms with Crippen LogP contribution in [0.15, 0.2) is 66.9 Å². The molecule has 162 valence electrons. The van der Waals surface area contributed by atoms with Gasteiger partial charge in [-0.2, -0.15) is 0 Å². The third kappa shape index (κ3) is 2.85. The summed E-state index contributed by atoms with van der Waals surface area (Å²) in [7, 11) is 3.35. The first kappa shape index (κ1) is 20.1. The Hall–Kier alpha value is -3.87. The molecular weight excluding hydrogens is 404 g/mol. The Morgan fingerprint density at radius 2 is 2.03 bits per heavy atom. The molecule has 1 spiro atoms. The van der Waals surface area contributed by atoms with E-state index in [9.17, 15) is 9.59 Å². The van der Waals surface area contributed by atoms with Crippen molar-refractivity contribution in [1.82, 2.24) is 9.88 Å². The van der Waals surface area contributed by atoms with E-state index in [1.807, 2.05) is 48.5 Å². The highest BCUT2D eigenvalue weighted by Crippen LogP contribution is 2.55. The largest absolute Gasteiger partial charge is 0.497 e. The fourth-order valence-corrected chi connectivity index (χ4v) is 5.11. The number of amides is 2. The monoisotopic (exact) mass is 428 g/mol. The van der Waals surface area contributed by atoms with Crippen molar-refractivity contribution in [2.24, 2.45) is 0 Å². The van der Waals surface area contributed by atoms with Crippen LogP contribution in [0.5, 0.6) is 5.75 Å². The number of aromatic nitrogens is 1. The zero-order valence-electron chi connectivity index (χ0n) is 18.0. The molecule has 0 radical (unpaired) electrons. The second-order valence-electron chi connectivity index (χ2n) is 8.05. The van der Waals surface area contributed by atoms with Crippen LogP contribution in [0.2, 0.25) is 0 Å². The van der Waals surface area contributed by atoms with Crippen LogP contribution < -0.4 is 15.4 Å². The van der Waals surface area contributed by atoms with Crippen molar-refractivity contribution in [2.45, 2.75) is 17.9 Å². The number of fused-ring (bicyclic) bond motifs is 2. The van der Waals surface area contributed by atoms with E-state index in [0.29, 0.717) is 30.1 Å². The Bertz CT molecular complexity index is 1210. The summed E-state index contributed by atoms with van der Waals surface area (Å²) in [6.07, 6.45) is 2.17. The van der Waals surface area contributed by atoms with E-state index in [1.165, 1.54) is 0 Å². The summed E-state index contributed by atoms with van der Waals surface area (Å²) in [5.41, 5.74) is 2.19. The smallest absolute Gasteiger partial charge is 0.258 e. The quantitative estimate of drug-likeness (QED) is 0.663. The van der Waals surface area contributed by atoms with Crippen LogP contribution in [0, 0.1) is 0 Å². The molecule has 0 aliphatic carbocycles. The molecule has 1 aromatic heterocycles. The lowest BCUT2D eigenvalue weighted by atomic mass is 9.72. The number of nitrogens with zero attached hydrogens (tertiary/aromatic N) is 2. The molecule has 2 N–H and O–H groups in total. The summed E-state index contributed by atoms with van der Waals surface area (Å²) < 4.78 is 5.45. The number of para-hydroxylation sites is 1. The topological polar surface area (TPSA) is 83.6 Å². The van der Waals surface area contributed by atoms with E-state index in [1.54, 1.807) is 37.4 Å². The minimum absolute atomic E-state index is 0.0816. The van der Waals surface area contributed by atoms with Crippen LogP contribution in [0.4, 0.5) is 11.5 Å². The van der Waals surface area contributed by atoms with Crippen molar-refractivity contribution in [3.8, 4) is 5.75 Å². The van der Waals surface area contributed by atoms with Crippen molar-refractivity contribution in [3.63, 3.8) is 0 Å². The second kappa shape index (κ2) is 7.67. The van der Waals surface area contributed by atoms with Gasteiger partial charge < -0.3 is 20.3 Å². The minimum Gasteiger partial charge on any atom is -0.497 e. The minimum atomic E-state index is -0.874. The SMILES string of the molecule is CNc1ncccc1C(=O)N1CCC2(C(=O)Nc3ccccc32)C1c1cccc(OC)c1. The molecule has 2 aliphatic rings. The third-order valence-corrected chi connectivity index (χ3v) is 6.53. The Morgan fingerprint density at radius 3 is 2.84 bits per heavy atom. The van der Waals surface area contributed by atoms with Crippen LogP contribution in [0.25, 0.3) is 0 Å². The number of methoxy groups -OCH3 is 1. The van der Waals surface area contributed by atoms with Crippen LogP contribution in [-0.4, -0.2) is 42.4 Å². The van der Waals surface area contributed by atoms with Crippen molar-refractivity contribution < 1.29 is 14.3 Å². The number of anilines is 2. The average Bonchev–Trinajstić information content (AvgIpc) is 3.37. The fourth-order valence-electron chi connectivity index (χ4n) is 5.11. The Kier molecular flexibility index (Phi) is 4.81. The fraction of sp³-hybridized carbons (Fsp3) is 0.240. The molecule has 7 nitrogen and oxygen atoms in total. The number of rotatable bonds is 4. The zero-order valence-corrected chi connectivity index (χ0v) is 18.0. The molecule has 2 amide bonds. The zero-order chi connectivity index (χ0) is 22.3. The van der Waals surface area contributed by atoms with Gasteiger partial charge in [0.15, 0.2) is 0 Å². The molecular formula is C25H24N4O3. The molecule has 2 aromatic carbocycles. The number of nitrogens with one attached hydrogen (secondary N) is 2. The molecule has 1 saturated heterocycles. The van der Waals surface area contributed by atoms with Gasteiger partial charge >= 0.3 is 0 Å². The van der Waals surface area contributed by atoms with E-state index in [0.717, 1.165) is 16.8 Å². The highest BCUT2D eigenvalue weighted by atomic mass is 16.5. The van der Waals surface area contributed by atoms with Gasteiger partial charge in [0.2, 0.25) is 5.91 Å². The highest BCUT2D eigenvalue weighted by Gasteiger charge is 2.59. The molecule has 2 aliphatic heterocycles. The average molecular weight is 428 g/mol. The Labute approximate surface area is 186 Å². The molecule has 32 heavy (non-hydrogen) atoms. The first-order valence-electron chi connectivity index (χ1n) is 10.6. The van der Waals surface area contributed by atoms with Crippen molar-refractivity contribution in [3.05, 3.63) is 83.6 Å². The maximum atomic E-state index is 13.8. The number of carbonyl (C=O) groups is 2. The number of benzene rings is 2. The van der Waals surface area contributed by atoms with Gasteiger partial charge in [0.25, 0.3) is 5.91 Å². The van der Waals surface area contributed by atoms with Gasteiger partial charge in [-0.3, -0.25) is 9.59 Å². The van der Waals surface area contributed by atoms with E-state index < -0.39 is 11.5 Å². The van der Waals surface area contributed by atoms with Crippen LogP contribution in [0.1, 0.15) is 33.9 Å². The maximum Gasteiger partial charge on any atom is 0.258 e. The number of pyridine rings is 1. The van der Waals surface area contributed by atoms with Crippen molar-refractivity contribution in [1.29, 1.82) is 0 Å². The van der Waals surface area contributed by atoms with Gasteiger partial charge in [-0.05, 0) is 47.9 Å². The lowest BCUT2D eigenvalue weighted by Gasteiger charge is -2.34. The standard InChI is InChI=1S/C25H24N4O3/c1-26-22-18(9-6-13-27-22)23(30)29-14-12-25(19-10-3-4-11-20(19)28-24(25)31)21(29)16-7-5-8-17(15-16)32-2/h3-11,13,15,21H,12,14H2,1-2H3,(H,26,27)(H,28,31). The number of likely N-dealkylation sites (tertiary alicyclic amines) is 1. The van der Waals surface area contributed by atoms with Gasteiger partial charge in [-0.1, -0.05) is 30.3 Å². The molecule has 3 aromatic rings. The van der Waals surface area contributed by atoms with E-state index in [2.05, 4.69) is 15.6 Å². The molecule has 5 rings (SSSR count). The highest BCUT2D eigenvalue weighted by molar-refractivity contribution is 6.08. The predicted molar refractivity (Wildman–Crippen MR) is 122 cm³/mol. The van der Waals surface area contributed by atoms with E-state index >= 15 is 0 Å².